The number of nitrogens with zero attached hydrogens (tertiary/aromatic N) is 3. The number of amides is 2. The molecule has 2 saturated heterocycles. The number of rotatable bonds is 3. The first-order chi connectivity index (χ1) is 11.1. The molecule has 0 saturated carbocycles. The van der Waals surface area contributed by atoms with Gasteiger partial charge in [-0.1, -0.05) is 6.07 Å². The zero-order valence-electron chi connectivity index (χ0n) is 13.8. The highest BCUT2D eigenvalue weighted by atomic mass is 16.2. The van der Waals surface area contributed by atoms with E-state index in [0.29, 0.717) is 18.9 Å². The van der Waals surface area contributed by atoms with Crippen LogP contribution in [0.25, 0.3) is 0 Å². The van der Waals surface area contributed by atoms with Gasteiger partial charge in [0.15, 0.2) is 0 Å². The van der Waals surface area contributed by atoms with Crippen LogP contribution in [0, 0.1) is 11.8 Å². The van der Waals surface area contributed by atoms with Crippen molar-refractivity contribution in [3.8, 4) is 0 Å². The lowest BCUT2D eigenvalue weighted by molar-refractivity contribution is -0.145. The third-order valence-corrected chi connectivity index (χ3v) is 5.18. The number of hydrogen-bond donors (Lipinski definition) is 0. The van der Waals surface area contributed by atoms with E-state index in [1.165, 1.54) is 5.56 Å². The van der Waals surface area contributed by atoms with Gasteiger partial charge in [0.2, 0.25) is 11.8 Å². The molecule has 2 aliphatic rings. The SMILES string of the molecule is CN1CCC(C(=O)N2CCC(Cc3cccnc3)CC2)CC1=O. The normalized spacial score (nSPS) is 23.2. The second kappa shape index (κ2) is 7.11. The highest BCUT2D eigenvalue weighted by Crippen LogP contribution is 2.25. The maximum Gasteiger partial charge on any atom is 0.226 e. The van der Waals surface area contributed by atoms with E-state index < -0.39 is 0 Å². The topological polar surface area (TPSA) is 53.5 Å². The molecule has 2 fully saturated rings. The highest BCUT2D eigenvalue weighted by molar-refractivity contribution is 5.86. The Hall–Kier alpha value is -1.91. The molecule has 0 bridgehead atoms. The van der Waals surface area contributed by atoms with Crippen LogP contribution in [-0.4, -0.2) is 53.3 Å². The maximum absolute atomic E-state index is 12.6. The highest BCUT2D eigenvalue weighted by Gasteiger charge is 2.33. The minimum Gasteiger partial charge on any atom is -0.346 e. The van der Waals surface area contributed by atoms with Crippen LogP contribution in [0.5, 0.6) is 0 Å². The van der Waals surface area contributed by atoms with Crippen LogP contribution in [0.2, 0.25) is 0 Å². The number of piperidine rings is 2. The van der Waals surface area contributed by atoms with E-state index in [9.17, 15) is 9.59 Å². The van der Waals surface area contributed by atoms with Gasteiger partial charge in [0, 0.05) is 51.4 Å². The van der Waals surface area contributed by atoms with Gasteiger partial charge in [-0.05, 0) is 43.2 Å². The summed E-state index contributed by atoms with van der Waals surface area (Å²) >= 11 is 0. The zero-order chi connectivity index (χ0) is 16.2. The van der Waals surface area contributed by atoms with Crippen LogP contribution in [0.15, 0.2) is 24.5 Å². The first-order valence-corrected chi connectivity index (χ1v) is 8.55. The average Bonchev–Trinajstić information content (AvgIpc) is 2.58. The van der Waals surface area contributed by atoms with Gasteiger partial charge in [-0.2, -0.15) is 0 Å². The second-order valence-electron chi connectivity index (χ2n) is 6.84. The molecule has 23 heavy (non-hydrogen) atoms. The summed E-state index contributed by atoms with van der Waals surface area (Å²) in [5.41, 5.74) is 1.28. The molecule has 1 aromatic rings. The van der Waals surface area contributed by atoms with Crippen molar-refractivity contribution in [2.24, 2.45) is 11.8 Å². The predicted octanol–water partition coefficient (Wildman–Crippen LogP) is 1.73. The summed E-state index contributed by atoms with van der Waals surface area (Å²) in [6.07, 6.45) is 8.04. The third kappa shape index (κ3) is 3.89. The molecule has 1 aromatic heterocycles. The van der Waals surface area contributed by atoms with Gasteiger partial charge >= 0.3 is 0 Å². The fourth-order valence-corrected chi connectivity index (χ4v) is 3.62. The Morgan fingerprint density at radius 3 is 2.70 bits per heavy atom. The Morgan fingerprint density at radius 2 is 2.04 bits per heavy atom. The Balaban J connectivity index is 1.49. The number of carbonyl (C=O) groups is 2. The minimum absolute atomic E-state index is 0.0982. The number of likely N-dealkylation sites (tertiary alicyclic amines) is 2. The quantitative estimate of drug-likeness (QED) is 0.853. The molecule has 124 valence electrons. The van der Waals surface area contributed by atoms with E-state index in [1.807, 2.05) is 24.2 Å². The van der Waals surface area contributed by atoms with E-state index >= 15 is 0 Å². The smallest absolute Gasteiger partial charge is 0.226 e. The van der Waals surface area contributed by atoms with Crippen LogP contribution in [-0.2, 0) is 16.0 Å². The molecule has 5 nitrogen and oxygen atoms in total. The van der Waals surface area contributed by atoms with Gasteiger partial charge in [-0.15, -0.1) is 0 Å². The van der Waals surface area contributed by atoms with Gasteiger partial charge in [0.25, 0.3) is 0 Å². The molecular formula is C18H25N3O2. The van der Waals surface area contributed by atoms with Crippen molar-refractivity contribution in [2.45, 2.75) is 32.1 Å². The predicted molar refractivity (Wildman–Crippen MR) is 87.6 cm³/mol. The molecule has 0 spiro atoms. The van der Waals surface area contributed by atoms with Crippen molar-refractivity contribution >= 4 is 11.8 Å². The van der Waals surface area contributed by atoms with Crippen molar-refractivity contribution in [1.82, 2.24) is 14.8 Å². The fourth-order valence-electron chi connectivity index (χ4n) is 3.62. The van der Waals surface area contributed by atoms with E-state index in [2.05, 4.69) is 11.1 Å². The number of carbonyl (C=O) groups excluding carboxylic acids is 2. The summed E-state index contributed by atoms with van der Waals surface area (Å²) in [7, 11) is 1.81. The Kier molecular flexibility index (Phi) is 4.94. The van der Waals surface area contributed by atoms with Crippen molar-refractivity contribution in [2.75, 3.05) is 26.7 Å². The van der Waals surface area contributed by atoms with Crippen molar-refractivity contribution in [1.29, 1.82) is 0 Å². The maximum atomic E-state index is 12.6. The number of aromatic nitrogens is 1. The average molecular weight is 315 g/mol. The molecule has 0 aromatic carbocycles. The summed E-state index contributed by atoms with van der Waals surface area (Å²) in [4.78, 5) is 32.3. The monoisotopic (exact) mass is 315 g/mol. The standard InChI is InChI=1S/C18H25N3O2/c1-20-8-6-16(12-17(20)22)18(23)21-9-4-14(5-10-21)11-15-3-2-7-19-13-15/h2-3,7,13-14,16H,4-6,8-12H2,1H3. The zero-order valence-corrected chi connectivity index (χ0v) is 13.8. The Morgan fingerprint density at radius 1 is 1.26 bits per heavy atom. The number of pyridine rings is 1. The summed E-state index contributed by atoms with van der Waals surface area (Å²) in [5.74, 6) is 0.809. The molecule has 0 N–H and O–H groups in total. The lowest BCUT2D eigenvalue weighted by atomic mass is 9.89. The molecule has 0 radical (unpaired) electrons. The molecule has 3 heterocycles. The van der Waals surface area contributed by atoms with Crippen LogP contribution < -0.4 is 0 Å². The van der Waals surface area contributed by atoms with Gasteiger partial charge < -0.3 is 9.80 Å². The molecule has 1 atom stereocenters. The molecular weight excluding hydrogens is 290 g/mol. The lowest BCUT2D eigenvalue weighted by Crippen LogP contribution is -2.46. The molecule has 2 aliphatic heterocycles. The first-order valence-electron chi connectivity index (χ1n) is 8.55. The van der Waals surface area contributed by atoms with Crippen LogP contribution >= 0.6 is 0 Å². The van der Waals surface area contributed by atoms with Gasteiger partial charge in [-0.3, -0.25) is 14.6 Å². The number of hydrogen-bond acceptors (Lipinski definition) is 3. The van der Waals surface area contributed by atoms with E-state index in [1.54, 1.807) is 11.1 Å². The molecule has 2 amide bonds. The van der Waals surface area contributed by atoms with Crippen molar-refractivity contribution in [3.05, 3.63) is 30.1 Å². The van der Waals surface area contributed by atoms with Crippen LogP contribution in [0.4, 0.5) is 0 Å². The molecule has 1 unspecified atom stereocenters. The third-order valence-electron chi connectivity index (χ3n) is 5.18. The molecule has 3 rings (SSSR count). The fraction of sp³-hybridized carbons (Fsp3) is 0.611. The van der Waals surface area contributed by atoms with E-state index in [-0.39, 0.29) is 17.7 Å². The Bertz CT molecular complexity index is 553. The summed E-state index contributed by atoms with van der Waals surface area (Å²) < 4.78 is 0. The lowest BCUT2D eigenvalue weighted by Gasteiger charge is -2.36. The van der Waals surface area contributed by atoms with Gasteiger partial charge in [0.1, 0.15) is 0 Å². The largest absolute Gasteiger partial charge is 0.346 e. The Labute approximate surface area is 137 Å². The van der Waals surface area contributed by atoms with E-state index in [0.717, 1.165) is 38.8 Å². The second-order valence-corrected chi connectivity index (χ2v) is 6.84. The van der Waals surface area contributed by atoms with Gasteiger partial charge in [-0.25, -0.2) is 0 Å². The van der Waals surface area contributed by atoms with Crippen molar-refractivity contribution in [3.63, 3.8) is 0 Å². The summed E-state index contributed by atoms with van der Waals surface area (Å²) in [6, 6.07) is 4.10. The summed E-state index contributed by atoms with van der Waals surface area (Å²) in [5, 5.41) is 0. The van der Waals surface area contributed by atoms with Crippen molar-refractivity contribution < 1.29 is 9.59 Å². The van der Waals surface area contributed by atoms with E-state index in [4.69, 9.17) is 0 Å². The minimum atomic E-state index is -0.103. The molecule has 5 heteroatoms. The van der Waals surface area contributed by atoms with Crippen LogP contribution in [0.1, 0.15) is 31.2 Å². The van der Waals surface area contributed by atoms with Crippen LogP contribution in [0.3, 0.4) is 0 Å². The molecule has 0 aliphatic carbocycles. The van der Waals surface area contributed by atoms with Gasteiger partial charge in [0.05, 0.1) is 0 Å². The first kappa shape index (κ1) is 16.0. The summed E-state index contributed by atoms with van der Waals surface area (Å²) in [6.45, 7) is 2.35.